The van der Waals surface area contributed by atoms with Crippen LogP contribution in [0.1, 0.15) is 10.4 Å². The lowest BCUT2D eigenvalue weighted by Crippen LogP contribution is -2.47. The van der Waals surface area contributed by atoms with Crippen molar-refractivity contribution in [2.75, 3.05) is 37.9 Å². The lowest BCUT2D eigenvalue weighted by Gasteiger charge is -2.32. The van der Waals surface area contributed by atoms with Gasteiger partial charge in [-0.2, -0.15) is 0 Å². The highest BCUT2D eigenvalue weighted by Crippen LogP contribution is 2.19. The number of amides is 1. The molecule has 1 N–H and O–H groups in total. The number of halogens is 1. The Morgan fingerprint density at radius 1 is 1.00 bits per heavy atom. The molecular formula is C18H20FN3O3S. The maximum atomic E-state index is 13.7. The minimum absolute atomic E-state index is 0.0318. The van der Waals surface area contributed by atoms with Crippen LogP contribution in [0.4, 0.5) is 10.1 Å². The summed E-state index contributed by atoms with van der Waals surface area (Å²) in [5, 5.41) is 0. The molecule has 3 rings (SSSR count). The molecule has 0 unspecified atom stereocenters. The topological polar surface area (TPSA) is 69.7 Å². The molecule has 0 atom stereocenters. The zero-order chi connectivity index (χ0) is 18.7. The molecule has 0 radical (unpaired) electrons. The first-order valence-corrected chi connectivity index (χ1v) is 9.70. The smallest absolute Gasteiger partial charge is 0.261 e. The number of para-hydroxylation sites is 1. The van der Waals surface area contributed by atoms with Crippen molar-refractivity contribution in [1.82, 2.24) is 9.80 Å². The first kappa shape index (κ1) is 18.3. The summed E-state index contributed by atoms with van der Waals surface area (Å²) in [5.74, 6) is -0.776. The monoisotopic (exact) mass is 377 g/mol. The standard InChI is InChI=1S/C18H20FN3O3S/c1-21-10-12-22(13-11-21)18(23)14-6-8-15(9-7-14)26(24,25)20-17-5-3-2-4-16(17)19/h2-9,20H,10-13H2,1H3. The van der Waals surface area contributed by atoms with Gasteiger partial charge in [0.15, 0.2) is 0 Å². The number of carbonyl (C=O) groups excluding carboxylic acids is 1. The Kier molecular flexibility index (Phi) is 5.24. The Hall–Kier alpha value is -2.45. The number of nitrogens with one attached hydrogen (secondary N) is 1. The van der Waals surface area contributed by atoms with E-state index < -0.39 is 15.8 Å². The van der Waals surface area contributed by atoms with Gasteiger partial charge in [-0.25, -0.2) is 12.8 Å². The summed E-state index contributed by atoms with van der Waals surface area (Å²) in [6.45, 7) is 2.91. The Morgan fingerprint density at radius 3 is 2.23 bits per heavy atom. The number of piperazine rings is 1. The minimum Gasteiger partial charge on any atom is -0.336 e. The average Bonchev–Trinajstić information content (AvgIpc) is 2.64. The van der Waals surface area contributed by atoms with Crippen LogP contribution in [0.15, 0.2) is 53.4 Å². The first-order valence-electron chi connectivity index (χ1n) is 8.22. The summed E-state index contributed by atoms with van der Waals surface area (Å²) in [4.78, 5) is 16.4. The summed E-state index contributed by atoms with van der Waals surface area (Å²) in [6.07, 6.45) is 0. The number of nitrogens with zero attached hydrogens (tertiary/aromatic N) is 2. The third-order valence-electron chi connectivity index (χ3n) is 4.32. The summed E-state index contributed by atoms with van der Waals surface area (Å²) >= 11 is 0. The highest BCUT2D eigenvalue weighted by molar-refractivity contribution is 7.92. The Labute approximate surface area is 152 Å². The van der Waals surface area contributed by atoms with Crippen LogP contribution < -0.4 is 4.72 Å². The van der Waals surface area contributed by atoms with Gasteiger partial charge in [0.05, 0.1) is 10.6 Å². The second-order valence-electron chi connectivity index (χ2n) is 6.21. The molecular weight excluding hydrogens is 357 g/mol. The van der Waals surface area contributed by atoms with Gasteiger partial charge in [-0.3, -0.25) is 9.52 Å². The minimum atomic E-state index is -3.93. The van der Waals surface area contributed by atoms with Gasteiger partial charge in [-0.15, -0.1) is 0 Å². The number of carbonyl (C=O) groups is 1. The fourth-order valence-corrected chi connectivity index (χ4v) is 3.78. The van der Waals surface area contributed by atoms with E-state index in [-0.39, 0.29) is 16.5 Å². The van der Waals surface area contributed by atoms with Crippen LogP contribution in [0.3, 0.4) is 0 Å². The van der Waals surface area contributed by atoms with Gasteiger partial charge < -0.3 is 9.80 Å². The fraction of sp³-hybridized carbons (Fsp3) is 0.278. The maximum absolute atomic E-state index is 13.7. The van der Waals surface area contributed by atoms with Gasteiger partial charge >= 0.3 is 0 Å². The highest BCUT2D eigenvalue weighted by Gasteiger charge is 2.21. The van der Waals surface area contributed by atoms with Crippen molar-refractivity contribution in [3.8, 4) is 0 Å². The van der Waals surface area contributed by atoms with Crippen molar-refractivity contribution >= 4 is 21.6 Å². The van der Waals surface area contributed by atoms with E-state index in [4.69, 9.17) is 0 Å². The fourth-order valence-electron chi connectivity index (χ4n) is 2.72. The molecule has 0 spiro atoms. The zero-order valence-corrected chi connectivity index (χ0v) is 15.2. The van der Waals surface area contributed by atoms with Crippen molar-refractivity contribution in [3.63, 3.8) is 0 Å². The predicted octanol–water partition coefficient (Wildman–Crippen LogP) is 2.01. The molecule has 2 aromatic carbocycles. The molecule has 2 aromatic rings. The van der Waals surface area contributed by atoms with E-state index in [0.717, 1.165) is 13.1 Å². The van der Waals surface area contributed by atoms with Gasteiger partial charge in [0.2, 0.25) is 0 Å². The molecule has 1 fully saturated rings. The molecule has 0 bridgehead atoms. The molecule has 0 aromatic heterocycles. The largest absolute Gasteiger partial charge is 0.336 e. The van der Waals surface area contributed by atoms with E-state index in [0.29, 0.717) is 18.7 Å². The number of sulfonamides is 1. The molecule has 6 nitrogen and oxygen atoms in total. The first-order chi connectivity index (χ1) is 12.4. The van der Waals surface area contributed by atoms with Crippen LogP contribution >= 0.6 is 0 Å². The lowest BCUT2D eigenvalue weighted by molar-refractivity contribution is 0.0664. The van der Waals surface area contributed by atoms with E-state index in [1.165, 1.54) is 42.5 Å². The number of hydrogen-bond acceptors (Lipinski definition) is 4. The van der Waals surface area contributed by atoms with Crippen LogP contribution in [0, 0.1) is 5.82 Å². The lowest BCUT2D eigenvalue weighted by atomic mass is 10.2. The molecule has 0 aliphatic carbocycles. The molecule has 1 heterocycles. The van der Waals surface area contributed by atoms with E-state index in [9.17, 15) is 17.6 Å². The van der Waals surface area contributed by atoms with E-state index >= 15 is 0 Å². The summed E-state index contributed by atoms with van der Waals surface area (Å²) < 4.78 is 40.7. The molecule has 1 amide bonds. The third-order valence-corrected chi connectivity index (χ3v) is 5.70. The van der Waals surface area contributed by atoms with Crippen molar-refractivity contribution in [2.45, 2.75) is 4.90 Å². The highest BCUT2D eigenvalue weighted by atomic mass is 32.2. The third kappa shape index (κ3) is 4.03. The number of benzene rings is 2. The molecule has 1 aliphatic heterocycles. The molecule has 138 valence electrons. The normalized spacial score (nSPS) is 15.7. The van der Waals surface area contributed by atoms with E-state index in [1.807, 2.05) is 7.05 Å². The summed E-state index contributed by atoms with van der Waals surface area (Å²) in [6, 6.07) is 11.2. The molecule has 1 saturated heterocycles. The molecule has 26 heavy (non-hydrogen) atoms. The van der Waals surface area contributed by atoms with Crippen LogP contribution in [0.25, 0.3) is 0 Å². The van der Waals surface area contributed by atoms with Crippen LogP contribution in [-0.4, -0.2) is 57.4 Å². The second kappa shape index (κ2) is 7.43. The van der Waals surface area contributed by atoms with Crippen molar-refractivity contribution in [1.29, 1.82) is 0 Å². The average molecular weight is 377 g/mol. The Morgan fingerprint density at radius 2 is 1.62 bits per heavy atom. The van der Waals surface area contributed by atoms with Gasteiger partial charge in [-0.05, 0) is 43.4 Å². The Balaban J connectivity index is 1.74. The maximum Gasteiger partial charge on any atom is 0.261 e. The van der Waals surface area contributed by atoms with Gasteiger partial charge in [0.25, 0.3) is 15.9 Å². The quantitative estimate of drug-likeness (QED) is 0.885. The second-order valence-corrected chi connectivity index (χ2v) is 7.89. The molecule has 1 aliphatic rings. The van der Waals surface area contributed by atoms with Crippen molar-refractivity contribution < 1.29 is 17.6 Å². The predicted molar refractivity (Wildman–Crippen MR) is 97.1 cm³/mol. The van der Waals surface area contributed by atoms with Crippen LogP contribution in [0.2, 0.25) is 0 Å². The zero-order valence-electron chi connectivity index (χ0n) is 14.4. The van der Waals surface area contributed by atoms with Crippen molar-refractivity contribution in [3.05, 3.63) is 59.9 Å². The summed E-state index contributed by atoms with van der Waals surface area (Å²) in [5.41, 5.74) is 0.310. The van der Waals surface area contributed by atoms with Gasteiger partial charge in [0, 0.05) is 31.7 Å². The Bertz CT molecular complexity index is 892. The van der Waals surface area contributed by atoms with Crippen LogP contribution in [-0.2, 0) is 10.0 Å². The van der Waals surface area contributed by atoms with Crippen LogP contribution in [0.5, 0.6) is 0 Å². The molecule has 0 saturated carbocycles. The van der Waals surface area contributed by atoms with E-state index in [1.54, 1.807) is 11.0 Å². The number of likely N-dealkylation sites (N-methyl/N-ethyl adjacent to an activating group) is 1. The number of anilines is 1. The number of rotatable bonds is 4. The molecule has 8 heteroatoms. The van der Waals surface area contributed by atoms with Gasteiger partial charge in [-0.1, -0.05) is 12.1 Å². The number of hydrogen-bond donors (Lipinski definition) is 1. The SMILES string of the molecule is CN1CCN(C(=O)c2ccc(S(=O)(=O)Nc3ccccc3F)cc2)CC1. The summed E-state index contributed by atoms with van der Waals surface area (Å²) in [7, 11) is -1.93. The van der Waals surface area contributed by atoms with Crippen molar-refractivity contribution in [2.24, 2.45) is 0 Å². The van der Waals surface area contributed by atoms with E-state index in [2.05, 4.69) is 9.62 Å². The van der Waals surface area contributed by atoms with Gasteiger partial charge in [0.1, 0.15) is 5.82 Å².